The fourth-order valence-electron chi connectivity index (χ4n) is 2.51. The maximum absolute atomic E-state index is 4.00. The number of nitrogens with one attached hydrogen (secondary N) is 4. The zero-order valence-corrected chi connectivity index (χ0v) is 14.5. The van der Waals surface area contributed by atoms with Crippen molar-refractivity contribution in [3.8, 4) is 0 Å². The minimum absolute atomic E-state index is 0.462. The molecule has 4 N–H and O–H groups in total. The molecule has 0 aromatic carbocycles. The highest BCUT2D eigenvalue weighted by atomic mass is 15.5. The number of aromatic amines is 4. The molecule has 4 rings (SSSR count). The zero-order valence-electron chi connectivity index (χ0n) is 14.5. The Morgan fingerprint density at radius 2 is 0.750 bits per heavy atom. The van der Waals surface area contributed by atoms with Gasteiger partial charge in [-0.15, -0.1) is 40.8 Å². The molecule has 0 atom stereocenters. The van der Waals surface area contributed by atoms with Gasteiger partial charge in [0.1, 0.15) is 0 Å². The van der Waals surface area contributed by atoms with Gasteiger partial charge < -0.3 is 0 Å². The van der Waals surface area contributed by atoms with Gasteiger partial charge >= 0.3 is 0 Å². The van der Waals surface area contributed by atoms with Crippen LogP contribution >= 0.6 is 0 Å². The Labute approximate surface area is 155 Å². The molecule has 0 saturated heterocycles. The van der Waals surface area contributed by atoms with E-state index in [1.165, 1.54) is 0 Å². The van der Waals surface area contributed by atoms with Gasteiger partial charge in [-0.1, -0.05) is 20.9 Å². The van der Waals surface area contributed by atoms with Gasteiger partial charge in [0.05, 0.1) is 26.2 Å². The Balaban J connectivity index is 1.41. The molecule has 146 valence electrons. The van der Waals surface area contributed by atoms with Crippen LogP contribution in [0.1, 0.15) is 23.3 Å². The Morgan fingerprint density at radius 3 is 0.964 bits per heavy atom. The van der Waals surface area contributed by atoms with E-state index >= 15 is 0 Å². The van der Waals surface area contributed by atoms with Gasteiger partial charge in [-0.05, 0) is 0 Å². The molecule has 0 aliphatic rings. The number of hydrogen-bond donors (Lipinski definition) is 4. The predicted octanol–water partition coefficient (Wildman–Crippen LogP) is -3.56. The topological polar surface area (TPSA) is 224 Å². The summed E-state index contributed by atoms with van der Waals surface area (Å²) in [5.74, 6) is 2.25. The van der Waals surface area contributed by atoms with Crippen LogP contribution in [-0.2, 0) is 26.2 Å². The number of hydrogen-bond acceptors (Lipinski definition) is 14. The number of rotatable bonds is 11. The minimum Gasteiger partial charge on any atom is -0.287 e. The molecule has 4 aromatic heterocycles. The second-order valence-corrected chi connectivity index (χ2v) is 5.73. The Kier molecular flexibility index (Phi) is 5.49. The molecule has 0 radical (unpaired) electrons. The highest BCUT2D eigenvalue weighted by Gasteiger charge is 2.17. The van der Waals surface area contributed by atoms with E-state index in [9.17, 15) is 0 Å². The van der Waals surface area contributed by atoms with Gasteiger partial charge in [0, 0.05) is 13.1 Å². The fraction of sp³-hybridized carbons (Fsp3) is 0.600. The van der Waals surface area contributed by atoms with Gasteiger partial charge in [-0.3, -0.25) is 9.80 Å². The molecule has 0 fully saturated rings. The van der Waals surface area contributed by atoms with Crippen molar-refractivity contribution in [1.29, 1.82) is 0 Å². The normalized spacial score (nSPS) is 11.6. The van der Waals surface area contributed by atoms with E-state index in [0.29, 0.717) is 62.6 Å². The lowest BCUT2D eigenvalue weighted by atomic mass is 10.3. The first-order chi connectivity index (χ1) is 13.8. The first kappa shape index (κ1) is 17.6. The smallest absolute Gasteiger partial charge is 0.188 e. The summed E-state index contributed by atoms with van der Waals surface area (Å²) >= 11 is 0. The fourth-order valence-corrected chi connectivity index (χ4v) is 2.51. The summed E-state index contributed by atoms with van der Waals surface area (Å²) in [4.78, 5) is 4.13. The van der Waals surface area contributed by atoms with Crippen LogP contribution in [0.25, 0.3) is 0 Å². The molecule has 0 unspecified atom stereocenters. The van der Waals surface area contributed by atoms with E-state index in [1.807, 2.05) is 0 Å². The molecule has 4 heterocycles. The molecule has 0 bridgehead atoms. The number of H-pyrrole nitrogens is 4. The zero-order chi connectivity index (χ0) is 19.0. The maximum Gasteiger partial charge on any atom is 0.188 e. The first-order valence-corrected chi connectivity index (χ1v) is 8.19. The van der Waals surface area contributed by atoms with Crippen molar-refractivity contribution < 1.29 is 0 Å². The van der Waals surface area contributed by atoms with E-state index < -0.39 is 0 Å². The lowest BCUT2D eigenvalue weighted by Crippen LogP contribution is -2.35. The lowest BCUT2D eigenvalue weighted by molar-refractivity contribution is 0.172. The molecule has 0 amide bonds. The molecule has 0 aliphatic heterocycles. The third-order valence-corrected chi connectivity index (χ3v) is 3.75. The van der Waals surface area contributed by atoms with Crippen LogP contribution in [0.3, 0.4) is 0 Å². The summed E-state index contributed by atoms with van der Waals surface area (Å²) in [5.41, 5.74) is 0. The van der Waals surface area contributed by atoms with Crippen LogP contribution in [-0.4, -0.2) is 105 Å². The summed E-state index contributed by atoms with van der Waals surface area (Å²) in [7, 11) is 0. The highest BCUT2D eigenvalue weighted by Crippen LogP contribution is 2.06. The molecule has 4 aromatic rings. The van der Waals surface area contributed by atoms with Gasteiger partial charge in [0.25, 0.3) is 0 Å². The minimum atomic E-state index is 0.462. The summed E-state index contributed by atoms with van der Waals surface area (Å²) in [6.45, 7) is 3.12. The lowest BCUT2D eigenvalue weighted by Gasteiger charge is -2.24. The molecular weight excluding hydrogens is 372 g/mol. The van der Waals surface area contributed by atoms with Crippen molar-refractivity contribution in [2.45, 2.75) is 26.2 Å². The second kappa shape index (κ2) is 8.73. The van der Waals surface area contributed by atoms with Gasteiger partial charge in [-0.2, -0.15) is 20.9 Å². The van der Waals surface area contributed by atoms with E-state index in [0.717, 1.165) is 0 Å². The van der Waals surface area contributed by atoms with E-state index in [-0.39, 0.29) is 0 Å². The molecule has 0 saturated carbocycles. The second-order valence-electron chi connectivity index (χ2n) is 5.73. The summed E-state index contributed by atoms with van der Waals surface area (Å²) in [5, 5.41) is 56.2. The van der Waals surface area contributed by atoms with E-state index in [2.05, 4.69) is 92.3 Å². The van der Waals surface area contributed by atoms with Crippen molar-refractivity contribution >= 4 is 0 Å². The van der Waals surface area contributed by atoms with Crippen LogP contribution in [0, 0.1) is 0 Å². The SMILES string of the molecule is C(CN(Cc1nn[nH]n1)Cc1nn[nH]n1)N(Cc1nn[nH]n1)Cc1nn[nH]n1. The predicted molar refractivity (Wildman–Crippen MR) is 84.9 cm³/mol. The molecule has 0 aliphatic carbocycles. The van der Waals surface area contributed by atoms with Crippen molar-refractivity contribution in [1.82, 2.24) is 92.3 Å². The molecular formula is C10H16N18. The average Bonchev–Trinajstić information content (AvgIpc) is 3.47. The van der Waals surface area contributed by atoms with E-state index in [4.69, 9.17) is 0 Å². The van der Waals surface area contributed by atoms with Crippen LogP contribution in [0.5, 0.6) is 0 Å². The number of tetrazole rings is 4. The Morgan fingerprint density at radius 1 is 0.464 bits per heavy atom. The van der Waals surface area contributed by atoms with Crippen molar-refractivity contribution in [3.63, 3.8) is 0 Å². The Hall–Kier alpha value is -3.80. The van der Waals surface area contributed by atoms with E-state index in [1.54, 1.807) is 0 Å². The summed E-state index contributed by atoms with van der Waals surface area (Å²) in [6.07, 6.45) is 0. The van der Waals surface area contributed by atoms with Crippen molar-refractivity contribution in [2.24, 2.45) is 0 Å². The quantitative estimate of drug-likeness (QED) is 0.195. The standard InChI is InChI=1S/C10H16N18/c1(27(3-7-11-19-20-12-7)4-8-13-21-22-14-8)2-28(5-9-15-23-24-16-9)6-10-17-25-26-18-10/h1-6H2,(H,11,12,19,20)(H,13,14,21,22)(H,15,16,23,24)(H,17,18,25,26). The Bertz CT molecular complexity index is 732. The number of nitrogens with zero attached hydrogens (tertiary/aromatic N) is 14. The molecule has 18 heteroatoms. The van der Waals surface area contributed by atoms with Crippen LogP contribution in [0.2, 0.25) is 0 Å². The monoisotopic (exact) mass is 388 g/mol. The average molecular weight is 388 g/mol. The third kappa shape index (κ3) is 4.88. The third-order valence-electron chi connectivity index (χ3n) is 3.75. The molecule has 18 nitrogen and oxygen atoms in total. The van der Waals surface area contributed by atoms with Crippen LogP contribution in [0.15, 0.2) is 0 Å². The summed E-state index contributed by atoms with van der Waals surface area (Å²) in [6, 6.07) is 0. The number of aromatic nitrogens is 16. The van der Waals surface area contributed by atoms with Crippen LogP contribution < -0.4 is 0 Å². The summed E-state index contributed by atoms with van der Waals surface area (Å²) < 4.78 is 0. The van der Waals surface area contributed by atoms with Gasteiger partial charge in [0.15, 0.2) is 23.3 Å². The largest absolute Gasteiger partial charge is 0.287 e. The van der Waals surface area contributed by atoms with Crippen LogP contribution in [0.4, 0.5) is 0 Å². The maximum atomic E-state index is 4.00. The van der Waals surface area contributed by atoms with Crippen molar-refractivity contribution in [2.75, 3.05) is 13.1 Å². The van der Waals surface area contributed by atoms with Crippen molar-refractivity contribution in [3.05, 3.63) is 23.3 Å². The first-order valence-electron chi connectivity index (χ1n) is 8.19. The highest BCUT2D eigenvalue weighted by molar-refractivity contribution is 4.85. The van der Waals surface area contributed by atoms with Gasteiger partial charge in [0.2, 0.25) is 0 Å². The molecule has 28 heavy (non-hydrogen) atoms. The molecule has 0 spiro atoms. The van der Waals surface area contributed by atoms with Gasteiger partial charge in [-0.25, -0.2) is 0 Å².